The van der Waals surface area contributed by atoms with Crippen LogP contribution in [0, 0.1) is 5.41 Å². The van der Waals surface area contributed by atoms with Gasteiger partial charge >= 0.3 is 0 Å². The van der Waals surface area contributed by atoms with E-state index in [0.29, 0.717) is 5.41 Å². The van der Waals surface area contributed by atoms with Crippen LogP contribution in [0.15, 0.2) is 35.8 Å². The molecule has 2 aliphatic rings. The fourth-order valence-electron chi connectivity index (χ4n) is 4.48. The smallest absolute Gasteiger partial charge is 0.253 e. The fraction of sp³-hybridized carbons (Fsp3) is 0.524. The largest absolute Gasteiger partial charge is 0.497 e. The lowest BCUT2D eigenvalue weighted by Gasteiger charge is -2.47. The van der Waals surface area contributed by atoms with E-state index < -0.39 is 0 Å². The maximum absolute atomic E-state index is 12.8. The summed E-state index contributed by atoms with van der Waals surface area (Å²) in [5.41, 5.74) is 1.12. The maximum atomic E-state index is 12.8. The van der Waals surface area contributed by atoms with Crippen molar-refractivity contribution in [3.63, 3.8) is 0 Å². The van der Waals surface area contributed by atoms with Crippen LogP contribution < -0.4 is 4.74 Å². The van der Waals surface area contributed by atoms with E-state index in [-0.39, 0.29) is 5.91 Å². The number of hydrogen-bond acceptors (Lipinski definition) is 5. The zero-order valence-corrected chi connectivity index (χ0v) is 16.7. The minimum atomic E-state index is 0.142. The molecule has 6 heteroatoms. The average molecular weight is 386 g/mol. The molecule has 0 aliphatic carbocycles. The highest BCUT2D eigenvalue weighted by Gasteiger charge is 2.39. The standard InChI is InChI=1S/C21H27N3O2S/c1-26-18-5-3-17(4-6-18)20(25)24-12-8-21(9-13-24)7-2-11-23(16-21)15-19-22-10-14-27-19/h3-6,10,14H,2,7-9,11-13,15-16H2,1H3. The van der Waals surface area contributed by atoms with Crippen LogP contribution in [-0.4, -0.2) is 54.0 Å². The molecule has 1 spiro atoms. The summed E-state index contributed by atoms with van der Waals surface area (Å²) >= 11 is 1.74. The Bertz CT molecular complexity index is 752. The summed E-state index contributed by atoms with van der Waals surface area (Å²) < 4.78 is 5.18. The third-order valence-corrected chi connectivity index (χ3v) is 6.80. The van der Waals surface area contributed by atoms with Crippen molar-refractivity contribution < 1.29 is 9.53 Å². The molecule has 5 nitrogen and oxygen atoms in total. The van der Waals surface area contributed by atoms with Crippen molar-refractivity contribution in [2.24, 2.45) is 5.41 Å². The molecule has 0 N–H and O–H groups in total. The predicted molar refractivity (Wildman–Crippen MR) is 107 cm³/mol. The summed E-state index contributed by atoms with van der Waals surface area (Å²) in [5.74, 6) is 0.926. The highest BCUT2D eigenvalue weighted by Crippen LogP contribution is 2.40. The highest BCUT2D eigenvalue weighted by molar-refractivity contribution is 7.09. The van der Waals surface area contributed by atoms with Crippen molar-refractivity contribution in [1.29, 1.82) is 0 Å². The molecule has 1 amide bonds. The fourth-order valence-corrected chi connectivity index (χ4v) is 5.13. The molecule has 2 aromatic rings. The molecule has 0 bridgehead atoms. The summed E-state index contributed by atoms with van der Waals surface area (Å²) in [5, 5.41) is 3.26. The Morgan fingerprint density at radius 2 is 1.96 bits per heavy atom. The number of aromatic nitrogens is 1. The summed E-state index contributed by atoms with van der Waals surface area (Å²) in [7, 11) is 1.64. The number of likely N-dealkylation sites (tertiary alicyclic amines) is 2. The van der Waals surface area contributed by atoms with E-state index in [4.69, 9.17) is 4.74 Å². The molecule has 0 atom stereocenters. The maximum Gasteiger partial charge on any atom is 0.253 e. The van der Waals surface area contributed by atoms with Gasteiger partial charge in [-0.05, 0) is 61.9 Å². The molecule has 2 fully saturated rings. The van der Waals surface area contributed by atoms with Crippen LogP contribution in [0.2, 0.25) is 0 Å². The first-order valence-corrected chi connectivity index (χ1v) is 10.6. The van der Waals surface area contributed by atoms with Gasteiger partial charge in [-0.1, -0.05) is 0 Å². The summed E-state index contributed by atoms with van der Waals surface area (Å²) in [6.07, 6.45) is 6.62. The van der Waals surface area contributed by atoms with E-state index in [9.17, 15) is 4.79 Å². The number of amides is 1. The third-order valence-electron chi connectivity index (χ3n) is 6.03. The van der Waals surface area contributed by atoms with Crippen LogP contribution in [0.1, 0.15) is 41.0 Å². The molecular weight excluding hydrogens is 358 g/mol. The van der Waals surface area contributed by atoms with Gasteiger partial charge in [0.05, 0.1) is 13.7 Å². The zero-order valence-electron chi connectivity index (χ0n) is 15.9. The second-order valence-electron chi connectivity index (χ2n) is 7.76. The quantitative estimate of drug-likeness (QED) is 0.806. The van der Waals surface area contributed by atoms with Gasteiger partial charge in [-0.25, -0.2) is 4.98 Å². The number of carbonyl (C=O) groups is 1. The third kappa shape index (κ3) is 4.17. The first kappa shape index (κ1) is 18.4. The summed E-state index contributed by atoms with van der Waals surface area (Å²) in [6.45, 7) is 4.98. The molecule has 4 rings (SSSR count). The number of rotatable bonds is 4. The minimum absolute atomic E-state index is 0.142. The Labute approximate surface area is 165 Å². The van der Waals surface area contributed by atoms with Gasteiger partial charge in [0.2, 0.25) is 0 Å². The molecule has 0 saturated carbocycles. The normalized spacial score (nSPS) is 20.0. The number of methoxy groups -OCH3 is 1. The first-order valence-electron chi connectivity index (χ1n) is 9.72. The van der Waals surface area contributed by atoms with E-state index in [1.54, 1.807) is 18.4 Å². The number of benzene rings is 1. The second kappa shape index (κ2) is 7.98. The Morgan fingerprint density at radius 1 is 1.19 bits per heavy atom. The number of nitrogens with zero attached hydrogens (tertiary/aromatic N) is 3. The van der Waals surface area contributed by atoms with Gasteiger partial charge in [0.25, 0.3) is 5.91 Å². The Morgan fingerprint density at radius 3 is 2.63 bits per heavy atom. The lowest BCUT2D eigenvalue weighted by molar-refractivity contribution is 0.0197. The molecular formula is C21H27N3O2S. The van der Waals surface area contributed by atoms with Crippen molar-refractivity contribution in [3.05, 3.63) is 46.4 Å². The van der Waals surface area contributed by atoms with Gasteiger partial charge in [-0.15, -0.1) is 11.3 Å². The SMILES string of the molecule is COc1ccc(C(=O)N2CCC3(CCCN(Cc4nccs4)C3)CC2)cc1. The molecule has 1 aromatic heterocycles. The van der Waals surface area contributed by atoms with E-state index in [1.807, 2.05) is 35.4 Å². The molecule has 0 radical (unpaired) electrons. The van der Waals surface area contributed by atoms with Crippen LogP contribution >= 0.6 is 11.3 Å². The van der Waals surface area contributed by atoms with E-state index in [1.165, 1.54) is 17.8 Å². The Kier molecular flexibility index (Phi) is 5.45. The molecule has 2 aliphatic heterocycles. The van der Waals surface area contributed by atoms with Gasteiger partial charge in [0.1, 0.15) is 10.8 Å². The minimum Gasteiger partial charge on any atom is -0.497 e. The lowest BCUT2D eigenvalue weighted by Crippen LogP contribution is -2.50. The Hall–Kier alpha value is -1.92. The van der Waals surface area contributed by atoms with Crippen molar-refractivity contribution in [3.8, 4) is 5.75 Å². The molecule has 3 heterocycles. The first-order chi connectivity index (χ1) is 13.2. The lowest BCUT2D eigenvalue weighted by atomic mass is 9.72. The molecule has 2 saturated heterocycles. The van der Waals surface area contributed by atoms with Crippen LogP contribution in [0.3, 0.4) is 0 Å². The topological polar surface area (TPSA) is 45.7 Å². The number of hydrogen-bond donors (Lipinski definition) is 0. The monoisotopic (exact) mass is 385 g/mol. The number of carbonyl (C=O) groups excluding carboxylic acids is 1. The summed E-state index contributed by atoms with van der Waals surface area (Å²) in [4.78, 5) is 21.8. The number of ether oxygens (including phenoxy) is 1. The molecule has 1 aromatic carbocycles. The van der Waals surface area contributed by atoms with Gasteiger partial charge in [-0.3, -0.25) is 9.69 Å². The number of thiazole rings is 1. The van der Waals surface area contributed by atoms with Gasteiger partial charge < -0.3 is 9.64 Å². The average Bonchev–Trinajstić information content (AvgIpc) is 3.21. The zero-order chi connectivity index (χ0) is 18.7. The van der Waals surface area contributed by atoms with Crippen LogP contribution in [0.4, 0.5) is 0 Å². The highest BCUT2D eigenvalue weighted by atomic mass is 32.1. The van der Waals surface area contributed by atoms with E-state index in [0.717, 1.165) is 56.9 Å². The van der Waals surface area contributed by atoms with Gasteiger partial charge in [-0.2, -0.15) is 0 Å². The van der Waals surface area contributed by atoms with Crippen molar-refractivity contribution in [1.82, 2.24) is 14.8 Å². The van der Waals surface area contributed by atoms with Crippen molar-refractivity contribution in [2.75, 3.05) is 33.3 Å². The van der Waals surface area contributed by atoms with E-state index in [2.05, 4.69) is 15.3 Å². The van der Waals surface area contributed by atoms with Crippen LogP contribution in [-0.2, 0) is 6.54 Å². The molecule has 0 unspecified atom stereocenters. The van der Waals surface area contributed by atoms with E-state index >= 15 is 0 Å². The van der Waals surface area contributed by atoms with Crippen molar-refractivity contribution in [2.45, 2.75) is 32.2 Å². The second-order valence-corrected chi connectivity index (χ2v) is 8.74. The van der Waals surface area contributed by atoms with Gasteiger partial charge in [0.15, 0.2) is 0 Å². The Balaban J connectivity index is 1.35. The molecule has 27 heavy (non-hydrogen) atoms. The summed E-state index contributed by atoms with van der Waals surface area (Å²) in [6, 6.07) is 7.44. The van der Waals surface area contributed by atoms with Crippen LogP contribution in [0.25, 0.3) is 0 Å². The molecule has 144 valence electrons. The van der Waals surface area contributed by atoms with Crippen molar-refractivity contribution >= 4 is 17.2 Å². The van der Waals surface area contributed by atoms with Gasteiger partial charge in [0, 0.05) is 36.8 Å². The predicted octanol–water partition coefficient (Wildman–Crippen LogP) is 3.67. The number of piperidine rings is 2. The van der Waals surface area contributed by atoms with Crippen LogP contribution in [0.5, 0.6) is 5.75 Å².